The van der Waals surface area contributed by atoms with Crippen molar-refractivity contribution in [2.24, 2.45) is 5.92 Å². The van der Waals surface area contributed by atoms with Gasteiger partial charge in [-0.2, -0.15) is 0 Å². The zero-order valence-corrected chi connectivity index (χ0v) is 12.1. The van der Waals surface area contributed by atoms with Crippen molar-refractivity contribution in [2.75, 3.05) is 7.05 Å². The summed E-state index contributed by atoms with van der Waals surface area (Å²) >= 11 is 0. The van der Waals surface area contributed by atoms with Gasteiger partial charge in [0.2, 0.25) is 0 Å². The first-order valence-corrected chi connectivity index (χ1v) is 7.49. The average Bonchev–Trinajstić information content (AvgIpc) is 2.35. The molecule has 1 fully saturated rings. The van der Waals surface area contributed by atoms with Gasteiger partial charge in [0, 0.05) is 5.54 Å². The molecule has 1 nitrogen and oxygen atoms in total. The van der Waals surface area contributed by atoms with Crippen molar-refractivity contribution in [3.63, 3.8) is 0 Å². The van der Waals surface area contributed by atoms with E-state index in [0.29, 0.717) is 0 Å². The molecule has 0 amide bonds. The van der Waals surface area contributed by atoms with Crippen LogP contribution in [0, 0.1) is 5.92 Å². The normalized spacial score (nSPS) is 21.1. The van der Waals surface area contributed by atoms with Crippen LogP contribution < -0.4 is 5.32 Å². The number of unbranched alkanes of at least 4 members (excludes halogenated alkanes) is 1. The highest BCUT2D eigenvalue weighted by Gasteiger charge is 2.32. The summed E-state index contributed by atoms with van der Waals surface area (Å²) in [5.74, 6) is 0.921. The Hall–Kier alpha value is -0.300. The highest BCUT2D eigenvalue weighted by Crippen LogP contribution is 2.35. The van der Waals surface area contributed by atoms with Gasteiger partial charge in [-0.3, -0.25) is 0 Å². The monoisotopic (exact) mass is 237 g/mol. The quantitative estimate of drug-likeness (QED) is 0.634. The topological polar surface area (TPSA) is 12.0 Å². The average molecular weight is 237 g/mol. The van der Waals surface area contributed by atoms with Crippen LogP contribution in [0.3, 0.4) is 0 Å². The standard InChI is InChI=1S/C16H31N/c1-5-6-12-16(17-4,14(2)3)13-15-10-8-7-9-11-15/h15,17H,2,5-13H2,1,3-4H3. The van der Waals surface area contributed by atoms with Crippen LogP contribution in [0.15, 0.2) is 12.2 Å². The molecule has 1 aliphatic rings. The number of nitrogens with one attached hydrogen (secondary N) is 1. The lowest BCUT2D eigenvalue weighted by molar-refractivity contribution is 0.241. The molecule has 1 atom stereocenters. The summed E-state index contributed by atoms with van der Waals surface area (Å²) in [6.45, 7) is 8.73. The molecule has 0 aromatic heterocycles. The largest absolute Gasteiger partial charge is 0.311 e. The first kappa shape index (κ1) is 14.8. The molecule has 1 aliphatic carbocycles. The Kier molecular flexibility index (Phi) is 6.26. The van der Waals surface area contributed by atoms with Gasteiger partial charge >= 0.3 is 0 Å². The van der Waals surface area contributed by atoms with Crippen LogP contribution in [0.2, 0.25) is 0 Å². The van der Waals surface area contributed by atoms with Crippen molar-refractivity contribution in [3.8, 4) is 0 Å². The summed E-state index contributed by atoms with van der Waals surface area (Å²) in [4.78, 5) is 0. The molecular weight excluding hydrogens is 206 g/mol. The Morgan fingerprint density at radius 2 is 1.94 bits per heavy atom. The van der Waals surface area contributed by atoms with Crippen LogP contribution in [-0.2, 0) is 0 Å². The maximum atomic E-state index is 4.25. The molecular formula is C16H31N. The van der Waals surface area contributed by atoms with E-state index in [-0.39, 0.29) is 5.54 Å². The van der Waals surface area contributed by atoms with Crippen molar-refractivity contribution >= 4 is 0 Å². The van der Waals surface area contributed by atoms with E-state index in [1.807, 2.05) is 0 Å². The van der Waals surface area contributed by atoms with Crippen molar-refractivity contribution in [3.05, 3.63) is 12.2 Å². The second kappa shape index (κ2) is 7.20. The Labute approximate surface area is 108 Å². The molecule has 1 N–H and O–H groups in total. The molecule has 0 aromatic rings. The SMILES string of the molecule is C=C(C)C(CCCC)(CC1CCCCC1)NC. The van der Waals surface area contributed by atoms with Gasteiger partial charge in [-0.15, -0.1) is 0 Å². The molecule has 1 heteroatoms. The predicted octanol–water partition coefficient (Wildman–Crippen LogP) is 4.68. The van der Waals surface area contributed by atoms with Gasteiger partial charge in [0.1, 0.15) is 0 Å². The second-order valence-corrected chi connectivity index (χ2v) is 5.92. The minimum atomic E-state index is 0.206. The van der Waals surface area contributed by atoms with Gasteiger partial charge in [0.25, 0.3) is 0 Å². The Balaban J connectivity index is 2.63. The van der Waals surface area contributed by atoms with Crippen LogP contribution in [-0.4, -0.2) is 12.6 Å². The summed E-state index contributed by atoms with van der Waals surface area (Å²) in [5.41, 5.74) is 1.54. The number of likely N-dealkylation sites (N-methyl/N-ethyl adjacent to an activating group) is 1. The Morgan fingerprint density at radius 1 is 1.29 bits per heavy atom. The fourth-order valence-corrected chi connectivity index (χ4v) is 3.29. The van der Waals surface area contributed by atoms with Gasteiger partial charge in [0.15, 0.2) is 0 Å². The maximum Gasteiger partial charge on any atom is 0.0388 e. The van der Waals surface area contributed by atoms with Crippen LogP contribution in [0.1, 0.15) is 71.6 Å². The van der Waals surface area contributed by atoms with E-state index >= 15 is 0 Å². The Morgan fingerprint density at radius 3 is 2.41 bits per heavy atom. The van der Waals surface area contributed by atoms with Crippen LogP contribution >= 0.6 is 0 Å². The van der Waals surface area contributed by atoms with E-state index in [1.54, 1.807) is 0 Å². The number of hydrogen-bond acceptors (Lipinski definition) is 1. The molecule has 1 saturated carbocycles. The third kappa shape index (κ3) is 4.13. The number of rotatable bonds is 7. The fourth-order valence-electron chi connectivity index (χ4n) is 3.29. The summed E-state index contributed by atoms with van der Waals surface area (Å²) in [7, 11) is 2.12. The molecule has 0 saturated heterocycles. The molecule has 0 spiro atoms. The third-order valence-corrected chi connectivity index (χ3v) is 4.61. The van der Waals surface area contributed by atoms with Gasteiger partial charge in [-0.25, -0.2) is 0 Å². The highest BCUT2D eigenvalue weighted by atomic mass is 14.9. The first-order chi connectivity index (χ1) is 8.14. The van der Waals surface area contributed by atoms with Crippen LogP contribution in [0.25, 0.3) is 0 Å². The molecule has 0 heterocycles. The first-order valence-electron chi connectivity index (χ1n) is 7.49. The molecule has 0 radical (unpaired) electrons. The van der Waals surface area contributed by atoms with Gasteiger partial charge in [-0.1, -0.05) is 64.0 Å². The number of hydrogen-bond donors (Lipinski definition) is 1. The molecule has 1 unspecified atom stereocenters. The summed E-state index contributed by atoms with van der Waals surface area (Å²) in [6.07, 6.45) is 12.3. The van der Waals surface area contributed by atoms with Gasteiger partial charge < -0.3 is 5.32 Å². The lowest BCUT2D eigenvalue weighted by Gasteiger charge is -2.39. The van der Waals surface area contributed by atoms with E-state index in [2.05, 4.69) is 32.8 Å². The summed E-state index contributed by atoms with van der Waals surface area (Å²) in [6, 6.07) is 0. The summed E-state index contributed by atoms with van der Waals surface area (Å²) < 4.78 is 0. The molecule has 100 valence electrons. The zero-order chi connectivity index (χ0) is 12.7. The minimum absolute atomic E-state index is 0.206. The molecule has 1 rings (SSSR count). The lowest BCUT2D eigenvalue weighted by Crippen LogP contribution is -2.45. The second-order valence-electron chi connectivity index (χ2n) is 5.92. The van der Waals surface area contributed by atoms with E-state index < -0.39 is 0 Å². The predicted molar refractivity (Wildman–Crippen MR) is 77.3 cm³/mol. The minimum Gasteiger partial charge on any atom is -0.311 e. The van der Waals surface area contributed by atoms with Crippen LogP contribution in [0.4, 0.5) is 0 Å². The van der Waals surface area contributed by atoms with Crippen molar-refractivity contribution in [1.29, 1.82) is 0 Å². The summed E-state index contributed by atoms with van der Waals surface area (Å²) in [5, 5.41) is 3.60. The van der Waals surface area contributed by atoms with Crippen molar-refractivity contribution < 1.29 is 0 Å². The van der Waals surface area contributed by atoms with E-state index in [0.717, 1.165) is 5.92 Å². The highest BCUT2D eigenvalue weighted by molar-refractivity contribution is 5.14. The molecule has 0 aliphatic heterocycles. The van der Waals surface area contributed by atoms with Crippen molar-refractivity contribution in [1.82, 2.24) is 5.32 Å². The lowest BCUT2D eigenvalue weighted by atomic mass is 9.74. The van der Waals surface area contributed by atoms with E-state index in [1.165, 1.54) is 63.4 Å². The van der Waals surface area contributed by atoms with E-state index in [9.17, 15) is 0 Å². The van der Waals surface area contributed by atoms with Crippen LogP contribution in [0.5, 0.6) is 0 Å². The molecule has 17 heavy (non-hydrogen) atoms. The smallest absolute Gasteiger partial charge is 0.0388 e. The molecule has 0 aromatic carbocycles. The van der Waals surface area contributed by atoms with Gasteiger partial charge in [-0.05, 0) is 32.7 Å². The van der Waals surface area contributed by atoms with Crippen molar-refractivity contribution in [2.45, 2.75) is 77.2 Å². The third-order valence-electron chi connectivity index (χ3n) is 4.61. The maximum absolute atomic E-state index is 4.25. The fraction of sp³-hybridized carbons (Fsp3) is 0.875. The Bertz CT molecular complexity index is 228. The molecule has 0 bridgehead atoms. The zero-order valence-electron chi connectivity index (χ0n) is 12.1. The van der Waals surface area contributed by atoms with Gasteiger partial charge in [0.05, 0.1) is 0 Å². The van der Waals surface area contributed by atoms with E-state index in [4.69, 9.17) is 0 Å².